The van der Waals surface area contributed by atoms with Gasteiger partial charge < -0.3 is 14.4 Å². The maximum Gasteiger partial charge on any atom is 0.374 e. The third kappa shape index (κ3) is 3.43. The summed E-state index contributed by atoms with van der Waals surface area (Å²) in [7, 11) is 0. The molecule has 0 bridgehead atoms. The third-order valence-corrected chi connectivity index (χ3v) is 3.52. The number of rotatable bonds is 5. The summed E-state index contributed by atoms with van der Waals surface area (Å²) >= 11 is 0. The molecule has 0 fully saturated rings. The highest BCUT2D eigenvalue weighted by molar-refractivity contribution is 5.85. The highest BCUT2D eigenvalue weighted by Crippen LogP contribution is 2.22. The van der Waals surface area contributed by atoms with Crippen LogP contribution in [0, 0.1) is 12.7 Å². The number of carboxylic acid groups (broad SMARTS) is 1. The Morgan fingerprint density at radius 2 is 1.96 bits per heavy atom. The highest BCUT2D eigenvalue weighted by Gasteiger charge is 2.12. The highest BCUT2D eigenvalue weighted by atomic mass is 19.1. The van der Waals surface area contributed by atoms with Crippen LogP contribution in [-0.2, 0) is 6.61 Å². The number of benzene rings is 2. The van der Waals surface area contributed by atoms with E-state index in [-0.39, 0.29) is 11.6 Å². The first-order chi connectivity index (χ1) is 11.5. The molecule has 6 heteroatoms. The van der Waals surface area contributed by atoms with Crippen LogP contribution in [0.2, 0.25) is 0 Å². The van der Waals surface area contributed by atoms with Crippen LogP contribution in [-0.4, -0.2) is 16.2 Å². The molecule has 3 rings (SSSR count). The molecule has 24 heavy (non-hydrogen) atoms. The molecule has 0 aliphatic carbocycles. The lowest BCUT2D eigenvalue weighted by Gasteiger charge is -2.09. The van der Waals surface area contributed by atoms with Crippen molar-refractivity contribution in [2.24, 2.45) is 0 Å². The Labute approximate surface area is 137 Å². The van der Waals surface area contributed by atoms with Crippen LogP contribution in [0.1, 0.15) is 21.7 Å². The van der Waals surface area contributed by atoms with Crippen LogP contribution >= 0.6 is 0 Å². The molecule has 5 nitrogen and oxygen atoms in total. The number of halogens is 1. The molecule has 1 heterocycles. The van der Waals surface area contributed by atoms with Crippen molar-refractivity contribution in [1.29, 1.82) is 0 Å². The van der Waals surface area contributed by atoms with Crippen LogP contribution < -0.4 is 4.74 Å². The minimum Gasteiger partial charge on any atom is -0.489 e. The SMILES string of the molecule is Cc1ccc(F)cc1OCc1ccc(-c2cc(C(=O)O)on2)cc1. The molecule has 0 radical (unpaired) electrons. The first-order valence-electron chi connectivity index (χ1n) is 7.21. The largest absolute Gasteiger partial charge is 0.489 e. The summed E-state index contributed by atoms with van der Waals surface area (Å²) in [5, 5.41) is 12.6. The lowest BCUT2D eigenvalue weighted by molar-refractivity contribution is 0.0652. The Morgan fingerprint density at radius 1 is 1.21 bits per heavy atom. The fraction of sp³-hybridized carbons (Fsp3) is 0.111. The van der Waals surface area contributed by atoms with Crippen molar-refractivity contribution in [3.05, 3.63) is 71.2 Å². The number of aryl methyl sites for hydroxylation is 1. The zero-order valence-electron chi connectivity index (χ0n) is 12.8. The molecule has 0 atom stereocenters. The van der Waals surface area contributed by atoms with Crippen molar-refractivity contribution in [1.82, 2.24) is 5.16 Å². The van der Waals surface area contributed by atoms with Gasteiger partial charge in [0.2, 0.25) is 5.76 Å². The van der Waals surface area contributed by atoms with E-state index in [1.807, 2.05) is 19.1 Å². The van der Waals surface area contributed by atoms with E-state index in [9.17, 15) is 9.18 Å². The molecule has 0 aliphatic rings. The summed E-state index contributed by atoms with van der Waals surface area (Å²) in [6, 6.07) is 13.0. The summed E-state index contributed by atoms with van der Waals surface area (Å²) < 4.78 is 23.6. The quantitative estimate of drug-likeness (QED) is 0.765. The maximum atomic E-state index is 13.2. The van der Waals surface area contributed by atoms with Gasteiger partial charge in [-0.15, -0.1) is 0 Å². The van der Waals surface area contributed by atoms with Crippen molar-refractivity contribution >= 4 is 5.97 Å². The monoisotopic (exact) mass is 327 g/mol. The van der Waals surface area contributed by atoms with Gasteiger partial charge in [-0.2, -0.15) is 0 Å². The van der Waals surface area contributed by atoms with Gasteiger partial charge in [-0.25, -0.2) is 9.18 Å². The molecule has 1 aromatic heterocycles. The Balaban J connectivity index is 1.70. The van der Waals surface area contributed by atoms with Crippen molar-refractivity contribution < 1.29 is 23.6 Å². The number of carbonyl (C=O) groups is 1. The predicted octanol–water partition coefficient (Wildman–Crippen LogP) is 4.07. The summed E-state index contributed by atoms with van der Waals surface area (Å²) in [4.78, 5) is 10.8. The lowest BCUT2D eigenvalue weighted by Crippen LogP contribution is -1.97. The van der Waals surface area contributed by atoms with Crippen LogP contribution in [0.15, 0.2) is 53.1 Å². The Hall–Kier alpha value is -3.15. The molecule has 0 amide bonds. The molecule has 0 spiro atoms. The minimum absolute atomic E-state index is 0.209. The van der Waals surface area contributed by atoms with Crippen LogP contribution in [0.4, 0.5) is 4.39 Å². The lowest BCUT2D eigenvalue weighted by atomic mass is 10.1. The van der Waals surface area contributed by atoms with E-state index in [4.69, 9.17) is 14.4 Å². The first-order valence-corrected chi connectivity index (χ1v) is 7.21. The fourth-order valence-electron chi connectivity index (χ4n) is 2.17. The van der Waals surface area contributed by atoms with E-state index in [1.165, 1.54) is 18.2 Å². The van der Waals surface area contributed by atoms with Crippen LogP contribution in [0.5, 0.6) is 5.75 Å². The molecular weight excluding hydrogens is 313 g/mol. The molecule has 0 unspecified atom stereocenters. The second-order valence-corrected chi connectivity index (χ2v) is 5.28. The van der Waals surface area contributed by atoms with Gasteiger partial charge in [0, 0.05) is 17.7 Å². The van der Waals surface area contributed by atoms with E-state index in [2.05, 4.69) is 5.16 Å². The van der Waals surface area contributed by atoms with Gasteiger partial charge in [0.15, 0.2) is 0 Å². The molecule has 0 aliphatic heterocycles. The van der Waals surface area contributed by atoms with Crippen LogP contribution in [0.25, 0.3) is 11.3 Å². The predicted molar refractivity (Wildman–Crippen MR) is 84.4 cm³/mol. The number of hydrogen-bond acceptors (Lipinski definition) is 4. The standard InChI is InChI=1S/C18H14FNO4/c1-11-2-7-14(19)8-16(11)23-10-12-3-5-13(6-4-12)15-9-17(18(21)22)24-20-15/h2-9H,10H2,1H3,(H,21,22). The van der Waals surface area contributed by atoms with Gasteiger partial charge in [-0.1, -0.05) is 35.5 Å². The minimum atomic E-state index is -1.16. The molecule has 0 saturated carbocycles. The van der Waals surface area contributed by atoms with E-state index >= 15 is 0 Å². The van der Waals surface area contributed by atoms with E-state index in [0.717, 1.165) is 16.7 Å². The average Bonchev–Trinajstić information content (AvgIpc) is 3.06. The number of aromatic nitrogens is 1. The Kier molecular flexibility index (Phi) is 4.29. The third-order valence-electron chi connectivity index (χ3n) is 3.52. The summed E-state index contributed by atoms with van der Waals surface area (Å²) in [5.74, 6) is -1.21. The number of nitrogens with zero attached hydrogens (tertiary/aromatic N) is 1. The Morgan fingerprint density at radius 3 is 2.62 bits per heavy atom. The van der Waals surface area contributed by atoms with Gasteiger partial charge in [0.25, 0.3) is 0 Å². The fourth-order valence-corrected chi connectivity index (χ4v) is 2.17. The van der Waals surface area contributed by atoms with E-state index < -0.39 is 5.97 Å². The zero-order chi connectivity index (χ0) is 17.1. The van der Waals surface area contributed by atoms with Crippen molar-refractivity contribution in [3.8, 4) is 17.0 Å². The van der Waals surface area contributed by atoms with Gasteiger partial charge in [0.1, 0.15) is 23.9 Å². The van der Waals surface area contributed by atoms with Gasteiger partial charge in [0.05, 0.1) is 0 Å². The molecular formula is C18H14FNO4. The van der Waals surface area contributed by atoms with Crippen LogP contribution in [0.3, 0.4) is 0 Å². The average molecular weight is 327 g/mol. The second kappa shape index (κ2) is 6.54. The number of ether oxygens (including phenoxy) is 1. The second-order valence-electron chi connectivity index (χ2n) is 5.28. The van der Waals surface area contributed by atoms with Crippen molar-refractivity contribution in [3.63, 3.8) is 0 Å². The Bertz CT molecular complexity index is 871. The zero-order valence-corrected chi connectivity index (χ0v) is 12.8. The van der Waals surface area contributed by atoms with Crippen molar-refractivity contribution in [2.75, 3.05) is 0 Å². The number of carboxylic acids is 1. The van der Waals surface area contributed by atoms with Gasteiger partial charge >= 0.3 is 5.97 Å². The smallest absolute Gasteiger partial charge is 0.374 e. The summed E-state index contributed by atoms with van der Waals surface area (Å²) in [5.41, 5.74) is 2.93. The summed E-state index contributed by atoms with van der Waals surface area (Å²) in [6.07, 6.45) is 0. The van der Waals surface area contributed by atoms with Gasteiger partial charge in [-0.3, -0.25) is 0 Å². The normalized spacial score (nSPS) is 10.6. The first kappa shape index (κ1) is 15.7. The molecule has 1 N–H and O–H groups in total. The molecule has 3 aromatic rings. The maximum absolute atomic E-state index is 13.2. The van der Waals surface area contributed by atoms with Crippen molar-refractivity contribution in [2.45, 2.75) is 13.5 Å². The molecule has 122 valence electrons. The van der Waals surface area contributed by atoms with Gasteiger partial charge in [-0.05, 0) is 24.1 Å². The van der Waals surface area contributed by atoms with E-state index in [0.29, 0.717) is 18.1 Å². The molecule has 0 saturated heterocycles. The number of hydrogen-bond donors (Lipinski definition) is 1. The molecule has 2 aromatic carbocycles. The van der Waals surface area contributed by atoms with E-state index in [1.54, 1.807) is 18.2 Å². The topological polar surface area (TPSA) is 72.6 Å². The number of aromatic carboxylic acids is 1. The summed E-state index contributed by atoms with van der Waals surface area (Å²) in [6.45, 7) is 2.15.